The number of hydrogen-bond acceptors (Lipinski definition) is 3. The predicted octanol–water partition coefficient (Wildman–Crippen LogP) is 2.03. The number of carbonyl (C=O) groups is 2. The molecule has 1 fully saturated rings. The normalized spacial score (nSPS) is 16.7. The quantitative estimate of drug-likeness (QED) is 0.919. The van der Waals surface area contributed by atoms with Gasteiger partial charge in [0.2, 0.25) is 11.8 Å². The summed E-state index contributed by atoms with van der Waals surface area (Å²) in [5, 5.41) is 2.78. The Hall–Kier alpha value is -2.11. The van der Waals surface area contributed by atoms with E-state index in [0.29, 0.717) is 26.2 Å². The second-order valence-electron chi connectivity index (χ2n) is 7.23. The SMILES string of the molecule is CC(NC(=O)C(C)(C)C)C(=O)N1CCN(c2ccc(F)cc2)CC1. The molecule has 1 aliphatic heterocycles. The van der Waals surface area contributed by atoms with Gasteiger partial charge < -0.3 is 15.1 Å². The van der Waals surface area contributed by atoms with Gasteiger partial charge in [0.05, 0.1) is 0 Å². The number of nitrogens with one attached hydrogen (secondary N) is 1. The molecule has 5 nitrogen and oxygen atoms in total. The van der Waals surface area contributed by atoms with Crippen LogP contribution in [0.1, 0.15) is 27.7 Å². The van der Waals surface area contributed by atoms with Crippen LogP contribution in [0.3, 0.4) is 0 Å². The lowest BCUT2D eigenvalue weighted by molar-refractivity contribution is -0.138. The van der Waals surface area contributed by atoms with Crippen LogP contribution < -0.4 is 10.2 Å². The highest BCUT2D eigenvalue weighted by Gasteiger charge is 2.29. The maximum absolute atomic E-state index is 13.0. The van der Waals surface area contributed by atoms with Crippen LogP contribution in [-0.4, -0.2) is 48.9 Å². The van der Waals surface area contributed by atoms with Crippen molar-refractivity contribution in [1.29, 1.82) is 0 Å². The van der Waals surface area contributed by atoms with E-state index in [1.54, 1.807) is 24.0 Å². The first kappa shape index (κ1) is 18.2. The molecule has 1 unspecified atom stereocenters. The van der Waals surface area contributed by atoms with Crippen LogP contribution in [0, 0.1) is 11.2 Å². The van der Waals surface area contributed by atoms with Crippen LogP contribution >= 0.6 is 0 Å². The molecule has 0 spiro atoms. The second kappa shape index (κ2) is 7.20. The molecule has 2 amide bonds. The second-order valence-corrected chi connectivity index (χ2v) is 7.23. The first-order valence-corrected chi connectivity index (χ1v) is 8.29. The van der Waals surface area contributed by atoms with Crippen molar-refractivity contribution in [2.24, 2.45) is 5.41 Å². The summed E-state index contributed by atoms with van der Waals surface area (Å²) in [5.41, 5.74) is 0.438. The van der Waals surface area contributed by atoms with E-state index < -0.39 is 11.5 Å². The maximum Gasteiger partial charge on any atom is 0.244 e. The van der Waals surface area contributed by atoms with Gasteiger partial charge in [-0.25, -0.2) is 4.39 Å². The van der Waals surface area contributed by atoms with Crippen molar-refractivity contribution in [2.45, 2.75) is 33.7 Å². The molecule has 132 valence electrons. The Balaban J connectivity index is 1.88. The van der Waals surface area contributed by atoms with Crippen molar-refractivity contribution in [3.05, 3.63) is 30.1 Å². The van der Waals surface area contributed by atoms with Crippen molar-refractivity contribution in [3.63, 3.8) is 0 Å². The van der Waals surface area contributed by atoms with E-state index in [2.05, 4.69) is 10.2 Å². The molecule has 1 aliphatic rings. The molecule has 2 rings (SSSR count). The number of piperazine rings is 1. The first-order valence-electron chi connectivity index (χ1n) is 8.29. The van der Waals surface area contributed by atoms with Gasteiger partial charge in [-0.1, -0.05) is 20.8 Å². The summed E-state index contributed by atoms with van der Waals surface area (Å²) in [6, 6.07) is 5.85. The summed E-state index contributed by atoms with van der Waals surface area (Å²) in [7, 11) is 0. The molecule has 1 atom stereocenters. The molecule has 0 bridgehead atoms. The van der Waals surface area contributed by atoms with Crippen LogP contribution in [0.25, 0.3) is 0 Å². The Kier molecular flexibility index (Phi) is 5.47. The molecule has 0 aliphatic carbocycles. The van der Waals surface area contributed by atoms with E-state index in [4.69, 9.17) is 0 Å². The summed E-state index contributed by atoms with van der Waals surface area (Å²) in [6.45, 7) is 9.74. The molecular weight excluding hydrogens is 309 g/mol. The smallest absolute Gasteiger partial charge is 0.244 e. The van der Waals surface area contributed by atoms with Gasteiger partial charge in [-0.3, -0.25) is 9.59 Å². The monoisotopic (exact) mass is 335 g/mol. The van der Waals surface area contributed by atoms with Crippen molar-refractivity contribution < 1.29 is 14.0 Å². The number of nitrogens with zero attached hydrogens (tertiary/aromatic N) is 2. The highest BCUT2D eigenvalue weighted by Crippen LogP contribution is 2.17. The van der Waals surface area contributed by atoms with Crippen LogP contribution in [-0.2, 0) is 9.59 Å². The summed E-state index contributed by atoms with van der Waals surface area (Å²) in [6.07, 6.45) is 0. The van der Waals surface area contributed by atoms with Crippen molar-refractivity contribution in [2.75, 3.05) is 31.1 Å². The molecule has 1 N–H and O–H groups in total. The Morgan fingerprint density at radius 1 is 1.08 bits per heavy atom. The molecule has 0 radical (unpaired) electrons. The minimum absolute atomic E-state index is 0.0636. The largest absolute Gasteiger partial charge is 0.368 e. The van der Waals surface area contributed by atoms with Crippen LogP contribution in [0.15, 0.2) is 24.3 Å². The number of halogens is 1. The van der Waals surface area contributed by atoms with E-state index in [-0.39, 0.29) is 17.6 Å². The van der Waals surface area contributed by atoms with Gasteiger partial charge >= 0.3 is 0 Å². The predicted molar refractivity (Wildman–Crippen MR) is 92.3 cm³/mol. The number of hydrogen-bond donors (Lipinski definition) is 1. The zero-order valence-electron chi connectivity index (χ0n) is 14.8. The topological polar surface area (TPSA) is 52.7 Å². The van der Waals surface area contributed by atoms with Crippen LogP contribution in [0.5, 0.6) is 0 Å². The van der Waals surface area contributed by atoms with E-state index >= 15 is 0 Å². The fourth-order valence-corrected chi connectivity index (χ4v) is 2.59. The summed E-state index contributed by atoms with van der Waals surface area (Å²) >= 11 is 0. The highest BCUT2D eigenvalue weighted by atomic mass is 19.1. The molecule has 1 aromatic rings. The van der Waals surface area contributed by atoms with E-state index in [9.17, 15) is 14.0 Å². The third-order valence-corrected chi connectivity index (χ3v) is 4.18. The van der Waals surface area contributed by atoms with Crippen LogP contribution in [0.4, 0.5) is 10.1 Å². The number of benzene rings is 1. The van der Waals surface area contributed by atoms with E-state index in [0.717, 1.165) is 5.69 Å². The molecule has 1 saturated heterocycles. The molecular formula is C18H26FN3O2. The maximum atomic E-state index is 13.0. The Morgan fingerprint density at radius 3 is 2.12 bits per heavy atom. The zero-order chi connectivity index (χ0) is 17.9. The lowest BCUT2D eigenvalue weighted by Gasteiger charge is -2.37. The van der Waals surface area contributed by atoms with E-state index in [1.165, 1.54) is 12.1 Å². The number of carbonyl (C=O) groups excluding carboxylic acids is 2. The number of amides is 2. The van der Waals surface area contributed by atoms with Gasteiger partial charge in [-0.05, 0) is 31.2 Å². The fraction of sp³-hybridized carbons (Fsp3) is 0.556. The lowest BCUT2D eigenvalue weighted by atomic mass is 9.95. The first-order chi connectivity index (χ1) is 11.2. The van der Waals surface area contributed by atoms with Gasteiger partial charge in [0, 0.05) is 37.3 Å². The van der Waals surface area contributed by atoms with Gasteiger partial charge in [-0.15, -0.1) is 0 Å². The minimum Gasteiger partial charge on any atom is -0.368 e. The average molecular weight is 335 g/mol. The summed E-state index contributed by atoms with van der Waals surface area (Å²) in [4.78, 5) is 28.4. The summed E-state index contributed by atoms with van der Waals surface area (Å²) in [5.74, 6) is -0.448. The Bertz CT molecular complexity index is 587. The molecule has 24 heavy (non-hydrogen) atoms. The van der Waals surface area contributed by atoms with Gasteiger partial charge in [0.15, 0.2) is 0 Å². The Morgan fingerprint density at radius 2 is 1.62 bits per heavy atom. The molecule has 1 aromatic carbocycles. The van der Waals surface area contributed by atoms with Crippen molar-refractivity contribution in [1.82, 2.24) is 10.2 Å². The molecule has 6 heteroatoms. The van der Waals surface area contributed by atoms with Crippen LogP contribution in [0.2, 0.25) is 0 Å². The van der Waals surface area contributed by atoms with Gasteiger partial charge in [0.25, 0.3) is 0 Å². The lowest BCUT2D eigenvalue weighted by Crippen LogP contribution is -2.55. The highest BCUT2D eigenvalue weighted by molar-refractivity contribution is 5.89. The molecule has 0 aromatic heterocycles. The zero-order valence-corrected chi connectivity index (χ0v) is 14.8. The minimum atomic E-state index is -0.533. The van der Waals surface area contributed by atoms with Gasteiger partial charge in [-0.2, -0.15) is 0 Å². The average Bonchev–Trinajstić information content (AvgIpc) is 2.54. The number of anilines is 1. The standard InChI is InChI=1S/C18H26FN3O2/c1-13(20-17(24)18(2,3)4)16(23)22-11-9-21(10-12-22)15-7-5-14(19)6-8-15/h5-8,13H,9-12H2,1-4H3,(H,20,24). The molecule has 1 heterocycles. The van der Waals surface area contributed by atoms with Crippen molar-refractivity contribution >= 4 is 17.5 Å². The summed E-state index contributed by atoms with van der Waals surface area (Å²) < 4.78 is 13.0. The Labute approximate surface area is 142 Å². The fourth-order valence-electron chi connectivity index (χ4n) is 2.59. The van der Waals surface area contributed by atoms with Crippen molar-refractivity contribution in [3.8, 4) is 0 Å². The molecule has 0 saturated carbocycles. The number of rotatable bonds is 3. The third kappa shape index (κ3) is 4.46. The third-order valence-electron chi connectivity index (χ3n) is 4.18. The van der Waals surface area contributed by atoms with E-state index in [1.807, 2.05) is 20.8 Å². The van der Waals surface area contributed by atoms with Gasteiger partial charge in [0.1, 0.15) is 11.9 Å².